The molecule has 2 aromatic carbocycles. The van der Waals surface area contributed by atoms with Crippen LogP contribution < -0.4 is 14.8 Å². The molecule has 1 atom stereocenters. The molecule has 2 rings (SSSR count). The molecule has 136 valence electrons. The van der Waals surface area contributed by atoms with Crippen LogP contribution in [0.25, 0.3) is 0 Å². The summed E-state index contributed by atoms with van der Waals surface area (Å²) in [6, 6.07) is 11.9. The largest absolute Gasteiger partial charge is 0.490 e. The molecule has 1 N–H and O–H groups in total. The van der Waals surface area contributed by atoms with Crippen molar-refractivity contribution < 1.29 is 9.47 Å². The van der Waals surface area contributed by atoms with Gasteiger partial charge in [-0.2, -0.15) is 0 Å². The van der Waals surface area contributed by atoms with Gasteiger partial charge < -0.3 is 14.8 Å². The topological polar surface area (TPSA) is 30.5 Å². The summed E-state index contributed by atoms with van der Waals surface area (Å²) in [5.74, 6) is 1.25. The molecule has 0 saturated heterocycles. The van der Waals surface area contributed by atoms with Gasteiger partial charge in [0, 0.05) is 17.6 Å². The Morgan fingerprint density at radius 3 is 2.36 bits per heavy atom. The second-order valence-corrected chi connectivity index (χ2v) is 6.79. The molecule has 0 unspecified atom stereocenters. The Morgan fingerprint density at radius 2 is 1.72 bits per heavy atom. The predicted molar refractivity (Wildman–Crippen MR) is 105 cm³/mol. The first-order valence-electron chi connectivity index (χ1n) is 8.59. The quantitative estimate of drug-likeness (QED) is 0.589. The second-order valence-electron chi connectivity index (χ2n) is 5.94. The van der Waals surface area contributed by atoms with E-state index in [0.717, 1.165) is 24.1 Å². The minimum Gasteiger partial charge on any atom is -0.490 e. The van der Waals surface area contributed by atoms with Gasteiger partial charge in [0.15, 0.2) is 11.5 Å². The monoisotopic (exact) mass is 381 g/mol. The van der Waals surface area contributed by atoms with E-state index in [-0.39, 0.29) is 0 Å². The molecule has 0 aliphatic rings. The van der Waals surface area contributed by atoms with Crippen molar-refractivity contribution in [3.05, 3.63) is 57.6 Å². The zero-order valence-corrected chi connectivity index (χ0v) is 16.5. The molecule has 0 bridgehead atoms. The van der Waals surface area contributed by atoms with E-state index in [1.165, 1.54) is 0 Å². The molecular weight excluding hydrogens is 357 g/mol. The van der Waals surface area contributed by atoms with Crippen LogP contribution in [0.2, 0.25) is 10.0 Å². The van der Waals surface area contributed by atoms with Crippen molar-refractivity contribution in [1.82, 2.24) is 5.32 Å². The maximum atomic E-state index is 6.46. The summed E-state index contributed by atoms with van der Waals surface area (Å²) in [4.78, 5) is 0. The lowest BCUT2D eigenvalue weighted by molar-refractivity contribution is 0.269. The maximum Gasteiger partial charge on any atom is 0.180 e. The van der Waals surface area contributed by atoms with E-state index in [4.69, 9.17) is 32.7 Å². The highest BCUT2D eigenvalue weighted by Gasteiger charge is 2.13. The smallest absolute Gasteiger partial charge is 0.180 e. The van der Waals surface area contributed by atoms with E-state index >= 15 is 0 Å². The first-order valence-corrected chi connectivity index (χ1v) is 9.34. The third kappa shape index (κ3) is 6.10. The minimum atomic E-state index is 0.404. The van der Waals surface area contributed by atoms with Crippen LogP contribution in [0, 0.1) is 0 Å². The fourth-order valence-corrected chi connectivity index (χ4v) is 2.71. The molecule has 0 fully saturated rings. The van der Waals surface area contributed by atoms with Crippen LogP contribution in [0.5, 0.6) is 11.5 Å². The molecule has 5 heteroatoms. The van der Waals surface area contributed by atoms with Crippen LogP contribution in [-0.4, -0.2) is 12.6 Å². The van der Waals surface area contributed by atoms with Gasteiger partial charge in [0.2, 0.25) is 0 Å². The van der Waals surface area contributed by atoms with Gasteiger partial charge in [-0.1, -0.05) is 42.3 Å². The molecule has 0 aromatic heterocycles. The number of ether oxygens (including phenoxy) is 2. The zero-order chi connectivity index (χ0) is 18.2. The maximum absolute atomic E-state index is 6.46. The van der Waals surface area contributed by atoms with Crippen molar-refractivity contribution in [1.29, 1.82) is 0 Å². The standard InChI is InChI=1S/C20H25Cl2NO2/c1-4-14(3)23-12-16-10-18(22)20(19(11-16)24-5-2)25-13-15-6-8-17(21)9-7-15/h6-11,14,23H,4-5,12-13H2,1-3H3/t14-/m1/s1. The first-order chi connectivity index (χ1) is 12.0. The SMILES string of the molecule is CCOc1cc(CN[C@H](C)CC)cc(Cl)c1OCc1ccc(Cl)cc1. The van der Waals surface area contributed by atoms with Crippen LogP contribution in [-0.2, 0) is 13.2 Å². The lowest BCUT2D eigenvalue weighted by atomic mass is 10.1. The Morgan fingerprint density at radius 1 is 1.00 bits per heavy atom. The lowest BCUT2D eigenvalue weighted by Crippen LogP contribution is -2.24. The third-order valence-electron chi connectivity index (χ3n) is 3.93. The fraction of sp³-hybridized carbons (Fsp3) is 0.400. The average Bonchev–Trinajstić information content (AvgIpc) is 2.60. The number of rotatable bonds is 9. The summed E-state index contributed by atoms with van der Waals surface area (Å²) in [7, 11) is 0. The van der Waals surface area contributed by atoms with Crippen molar-refractivity contribution in [3.63, 3.8) is 0 Å². The van der Waals surface area contributed by atoms with Gasteiger partial charge in [-0.25, -0.2) is 0 Å². The highest BCUT2D eigenvalue weighted by molar-refractivity contribution is 6.32. The number of benzene rings is 2. The van der Waals surface area contributed by atoms with Crippen molar-refractivity contribution in [3.8, 4) is 11.5 Å². The van der Waals surface area contributed by atoms with E-state index < -0.39 is 0 Å². The van der Waals surface area contributed by atoms with Crippen LogP contribution in [0.3, 0.4) is 0 Å². The molecular formula is C20H25Cl2NO2. The summed E-state index contributed by atoms with van der Waals surface area (Å²) in [6.07, 6.45) is 1.08. The fourth-order valence-electron chi connectivity index (χ4n) is 2.30. The molecule has 0 aliphatic heterocycles. The normalized spacial score (nSPS) is 12.0. The van der Waals surface area contributed by atoms with Gasteiger partial charge in [0.05, 0.1) is 11.6 Å². The predicted octanol–water partition coefficient (Wildman–Crippen LogP) is 5.86. The number of hydrogen-bond acceptors (Lipinski definition) is 3. The first kappa shape index (κ1) is 19.9. The van der Waals surface area contributed by atoms with Crippen LogP contribution in [0.15, 0.2) is 36.4 Å². The number of nitrogens with one attached hydrogen (secondary N) is 1. The molecule has 0 aliphatic carbocycles. The molecule has 2 aromatic rings. The van der Waals surface area contributed by atoms with Gasteiger partial charge >= 0.3 is 0 Å². The average molecular weight is 382 g/mol. The minimum absolute atomic E-state index is 0.404. The zero-order valence-electron chi connectivity index (χ0n) is 14.9. The van der Waals surface area contributed by atoms with Crippen LogP contribution >= 0.6 is 23.2 Å². The third-order valence-corrected chi connectivity index (χ3v) is 4.47. The van der Waals surface area contributed by atoms with E-state index in [9.17, 15) is 0 Å². The summed E-state index contributed by atoms with van der Waals surface area (Å²) >= 11 is 12.4. The Kier molecular flexibility index (Phi) is 7.89. The van der Waals surface area contributed by atoms with Gasteiger partial charge in [0.25, 0.3) is 0 Å². The number of halogens is 2. The molecule has 0 radical (unpaired) electrons. The molecule has 25 heavy (non-hydrogen) atoms. The molecule has 0 spiro atoms. The summed E-state index contributed by atoms with van der Waals surface area (Å²) in [6.45, 7) is 7.96. The van der Waals surface area contributed by atoms with Crippen molar-refractivity contribution in [2.45, 2.75) is 46.4 Å². The van der Waals surface area contributed by atoms with Crippen molar-refractivity contribution in [2.24, 2.45) is 0 Å². The lowest BCUT2D eigenvalue weighted by Gasteiger charge is -2.17. The van der Waals surface area contributed by atoms with Crippen LogP contribution in [0.1, 0.15) is 38.3 Å². The number of hydrogen-bond donors (Lipinski definition) is 1. The van der Waals surface area contributed by atoms with Gasteiger partial charge in [-0.15, -0.1) is 0 Å². The van der Waals surface area contributed by atoms with Crippen molar-refractivity contribution >= 4 is 23.2 Å². The van der Waals surface area contributed by atoms with E-state index in [0.29, 0.717) is 40.8 Å². The molecule has 0 amide bonds. The Balaban J connectivity index is 2.13. The highest BCUT2D eigenvalue weighted by atomic mass is 35.5. The van der Waals surface area contributed by atoms with E-state index in [1.807, 2.05) is 43.3 Å². The molecule has 0 heterocycles. The van der Waals surface area contributed by atoms with Crippen molar-refractivity contribution in [2.75, 3.05) is 6.61 Å². The summed E-state index contributed by atoms with van der Waals surface area (Å²) in [5.41, 5.74) is 2.10. The Labute approximate surface area is 160 Å². The van der Waals surface area contributed by atoms with E-state index in [1.54, 1.807) is 0 Å². The van der Waals surface area contributed by atoms with E-state index in [2.05, 4.69) is 19.2 Å². The molecule has 3 nitrogen and oxygen atoms in total. The summed E-state index contributed by atoms with van der Waals surface area (Å²) < 4.78 is 11.7. The molecule has 0 saturated carbocycles. The highest BCUT2D eigenvalue weighted by Crippen LogP contribution is 2.37. The Bertz CT molecular complexity index is 674. The van der Waals surface area contributed by atoms with Gasteiger partial charge in [0.1, 0.15) is 6.61 Å². The van der Waals surface area contributed by atoms with Gasteiger partial charge in [-0.3, -0.25) is 0 Å². The van der Waals surface area contributed by atoms with Crippen LogP contribution in [0.4, 0.5) is 0 Å². The Hall–Kier alpha value is -1.42. The summed E-state index contributed by atoms with van der Waals surface area (Å²) in [5, 5.41) is 4.72. The second kappa shape index (κ2) is 9.91. The van der Waals surface area contributed by atoms with Gasteiger partial charge in [-0.05, 0) is 55.7 Å².